The van der Waals surface area contributed by atoms with Gasteiger partial charge in [0.15, 0.2) is 6.61 Å². The molecular weight excluding hydrogens is 253 g/mol. The summed E-state index contributed by atoms with van der Waals surface area (Å²) in [4.78, 5) is 11.4. The molecule has 0 bridgehead atoms. The third-order valence-electron chi connectivity index (χ3n) is 2.41. The van der Waals surface area contributed by atoms with Gasteiger partial charge in [0.25, 0.3) is 5.91 Å². The quantitative estimate of drug-likeness (QED) is 0.727. The molecule has 6 heteroatoms. The van der Waals surface area contributed by atoms with Crippen molar-refractivity contribution in [2.45, 2.75) is 13.0 Å². The third-order valence-corrected chi connectivity index (χ3v) is 2.41. The predicted molar refractivity (Wildman–Crippen MR) is 67.4 cm³/mol. The van der Waals surface area contributed by atoms with Gasteiger partial charge in [0, 0.05) is 19.2 Å². The average Bonchev–Trinajstić information content (AvgIpc) is 2.37. The zero-order valence-corrected chi connectivity index (χ0v) is 11.0. The van der Waals surface area contributed by atoms with Gasteiger partial charge in [-0.15, -0.1) is 0 Å². The maximum absolute atomic E-state index is 13.1. The summed E-state index contributed by atoms with van der Waals surface area (Å²) in [7, 11) is 1.54. The minimum Gasteiger partial charge on any atom is -0.483 e. The fourth-order valence-corrected chi connectivity index (χ4v) is 1.46. The van der Waals surface area contributed by atoms with Gasteiger partial charge in [-0.05, 0) is 25.1 Å². The fourth-order valence-electron chi connectivity index (χ4n) is 1.46. The van der Waals surface area contributed by atoms with Gasteiger partial charge in [0.1, 0.15) is 11.6 Å². The number of aliphatic hydroxyl groups excluding tert-OH is 1. The van der Waals surface area contributed by atoms with Crippen LogP contribution in [0.25, 0.3) is 0 Å². The summed E-state index contributed by atoms with van der Waals surface area (Å²) in [5, 5.41) is 12.1. The monoisotopic (exact) mass is 271 g/mol. The normalized spacial score (nSPS) is 12.0. The average molecular weight is 271 g/mol. The topological polar surface area (TPSA) is 67.8 Å². The van der Waals surface area contributed by atoms with E-state index in [0.717, 1.165) is 0 Å². The van der Waals surface area contributed by atoms with Crippen LogP contribution in [0.4, 0.5) is 4.39 Å². The Bertz CT molecular complexity index is 423. The molecule has 1 aromatic carbocycles. The van der Waals surface area contributed by atoms with Crippen LogP contribution in [0.1, 0.15) is 18.6 Å². The summed E-state index contributed by atoms with van der Waals surface area (Å²) in [6.07, 6.45) is -0.873. The Balaban J connectivity index is 2.55. The molecule has 2 N–H and O–H groups in total. The Labute approximate surface area is 111 Å². The first kappa shape index (κ1) is 15.4. The molecule has 106 valence electrons. The van der Waals surface area contributed by atoms with Crippen molar-refractivity contribution >= 4 is 5.91 Å². The Morgan fingerprint density at radius 1 is 1.53 bits per heavy atom. The van der Waals surface area contributed by atoms with Crippen LogP contribution < -0.4 is 10.1 Å². The second-order valence-electron chi connectivity index (χ2n) is 3.99. The lowest BCUT2D eigenvalue weighted by atomic mass is 10.1. The Hall–Kier alpha value is -1.66. The van der Waals surface area contributed by atoms with Gasteiger partial charge in [0.2, 0.25) is 0 Å². The molecule has 0 aromatic heterocycles. The number of benzene rings is 1. The summed E-state index contributed by atoms with van der Waals surface area (Å²) in [5.74, 6) is -0.482. The van der Waals surface area contributed by atoms with E-state index >= 15 is 0 Å². The van der Waals surface area contributed by atoms with Crippen LogP contribution in [0.15, 0.2) is 18.2 Å². The van der Waals surface area contributed by atoms with E-state index < -0.39 is 11.9 Å². The minimum atomic E-state index is -0.873. The van der Waals surface area contributed by atoms with Crippen molar-refractivity contribution in [3.05, 3.63) is 29.6 Å². The van der Waals surface area contributed by atoms with Crippen LogP contribution in [0.2, 0.25) is 0 Å². The fraction of sp³-hybridized carbons (Fsp3) is 0.462. The largest absolute Gasteiger partial charge is 0.483 e. The van der Waals surface area contributed by atoms with Gasteiger partial charge in [-0.3, -0.25) is 4.79 Å². The summed E-state index contributed by atoms with van der Waals surface area (Å²) < 4.78 is 23.1. The van der Waals surface area contributed by atoms with E-state index in [1.165, 1.54) is 32.2 Å². The van der Waals surface area contributed by atoms with E-state index in [1.54, 1.807) is 0 Å². The third kappa shape index (κ3) is 5.23. The molecule has 0 radical (unpaired) electrons. The van der Waals surface area contributed by atoms with E-state index in [-0.39, 0.29) is 12.5 Å². The first-order chi connectivity index (χ1) is 9.04. The van der Waals surface area contributed by atoms with E-state index in [0.29, 0.717) is 24.5 Å². The zero-order valence-electron chi connectivity index (χ0n) is 11.0. The van der Waals surface area contributed by atoms with Gasteiger partial charge in [-0.1, -0.05) is 0 Å². The van der Waals surface area contributed by atoms with Crippen LogP contribution >= 0.6 is 0 Å². The minimum absolute atomic E-state index is 0.199. The highest BCUT2D eigenvalue weighted by atomic mass is 19.1. The number of carbonyl (C=O) groups is 1. The SMILES string of the molecule is COCCNC(=O)COc1ccc(F)cc1C(C)O. The number of methoxy groups -OCH3 is 1. The summed E-state index contributed by atoms with van der Waals surface area (Å²) in [5.41, 5.74) is 0.310. The van der Waals surface area contributed by atoms with Crippen molar-refractivity contribution in [3.8, 4) is 5.75 Å². The number of halogens is 1. The van der Waals surface area contributed by atoms with Crippen molar-refractivity contribution in [3.63, 3.8) is 0 Å². The molecule has 0 saturated carbocycles. The van der Waals surface area contributed by atoms with Gasteiger partial charge in [-0.25, -0.2) is 4.39 Å². The van der Waals surface area contributed by atoms with Gasteiger partial charge in [-0.2, -0.15) is 0 Å². The number of aliphatic hydroxyl groups is 1. The number of hydrogen-bond acceptors (Lipinski definition) is 4. The molecule has 0 aliphatic carbocycles. The predicted octanol–water partition coefficient (Wildman–Crippen LogP) is 1.02. The molecule has 0 heterocycles. The van der Waals surface area contributed by atoms with Crippen LogP contribution in [-0.4, -0.2) is 37.9 Å². The number of carbonyl (C=O) groups excluding carboxylic acids is 1. The van der Waals surface area contributed by atoms with E-state index in [9.17, 15) is 14.3 Å². The molecule has 0 saturated heterocycles. The van der Waals surface area contributed by atoms with E-state index in [2.05, 4.69) is 5.32 Å². The smallest absolute Gasteiger partial charge is 0.258 e. The summed E-state index contributed by atoms with van der Waals surface area (Å²) in [6, 6.07) is 3.78. The Kier molecular flexibility index (Phi) is 6.24. The van der Waals surface area contributed by atoms with Crippen molar-refractivity contribution in [2.75, 3.05) is 26.9 Å². The maximum atomic E-state index is 13.1. The molecule has 0 spiro atoms. The molecule has 1 aromatic rings. The van der Waals surface area contributed by atoms with Gasteiger partial charge >= 0.3 is 0 Å². The van der Waals surface area contributed by atoms with Crippen LogP contribution in [0.5, 0.6) is 5.75 Å². The lowest BCUT2D eigenvalue weighted by Gasteiger charge is -2.13. The Morgan fingerprint density at radius 2 is 2.26 bits per heavy atom. The molecule has 5 nitrogen and oxygen atoms in total. The molecule has 0 fully saturated rings. The van der Waals surface area contributed by atoms with Crippen molar-refractivity contribution in [1.82, 2.24) is 5.32 Å². The molecule has 1 amide bonds. The van der Waals surface area contributed by atoms with Crippen molar-refractivity contribution in [2.24, 2.45) is 0 Å². The number of nitrogens with one attached hydrogen (secondary N) is 1. The molecule has 1 rings (SSSR count). The highest BCUT2D eigenvalue weighted by molar-refractivity contribution is 5.77. The molecule has 1 atom stereocenters. The van der Waals surface area contributed by atoms with E-state index in [1.807, 2.05) is 0 Å². The summed E-state index contributed by atoms with van der Waals surface area (Å²) in [6.45, 7) is 2.11. The van der Waals surface area contributed by atoms with Crippen molar-refractivity contribution < 1.29 is 23.8 Å². The van der Waals surface area contributed by atoms with Crippen LogP contribution in [-0.2, 0) is 9.53 Å². The maximum Gasteiger partial charge on any atom is 0.258 e. The highest BCUT2D eigenvalue weighted by Gasteiger charge is 2.12. The molecular formula is C13H18FNO4. The molecule has 0 aliphatic rings. The summed E-state index contributed by atoms with van der Waals surface area (Å²) >= 11 is 0. The molecule has 19 heavy (non-hydrogen) atoms. The zero-order chi connectivity index (χ0) is 14.3. The second kappa shape index (κ2) is 7.70. The molecule has 1 unspecified atom stereocenters. The molecule has 0 aliphatic heterocycles. The van der Waals surface area contributed by atoms with Crippen LogP contribution in [0.3, 0.4) is 0 Å². The van der Waals surface area contributed by atoms with Crippen molar-refractivity contribution in [1.29, 1.82) is 0 Å². The van der Waals surface area contributed by atoms with Gasteiger partial charge in [0.05, 0.1) is 12.7 Å². The number of ether oxygens (including phenoxy) is 2. The second-order valence-corrected chi connectivity index (χ2v) is 3.99. The lowest BCUT2D eigenvalue weighted by molar-refractivity contribution is -0.123. The first-order valence-electron chi connectivity index (χ1n) is 5.90. The first-order valence-corrected chi connectivity index (χ1v) is 5.90. The number of rotatable bonds is 7. The standard InChI is InChI=1S/C13H18FNO4/c1-9(16)11-7-10(14)3-4-12(11)19-8-13(17)15-5-6-18-2/h3-4,7,9,16H,5-6,8H2,1-2H3,(H,15,17). The lowest BCUT2D eigenvalue weighted by Crippen LogP contribution is -2.31. The Morgan fingerprint density at radius 3 is 2.89 bits per heavy atom. The highest BCUT2D eigenvalue weighted by Crippen LogP contribution is 2.25. The number of amides is 1. The van der Waals surface area contributed by atoms with E-state index in [4.69, 9.17) is 9.47 Å². The number of hydrogen-bond donors (Lipinski definition) is 2. The van der Waals surface area contributed by atoms with Gasteiger partial charge < -0.3 is 19.9 Å². The van der Waals surface area contributed by atoms with Crippen LogP contribution in [0, 0.1) is 5.82 Å².